The lowest BCUT2D eigenvalue weighted by Crippen LogP contribution is -2.25. The number of ether oxygens (including phenoxy) is 1. The summed E-state index contributed by atoms with van der Waals surface area (Å²) in [5, 5.41) is 0. The van der Waals surface area contributed by atoms with Gasteiger partial charge in [-0.1, -0.05) is 43.1 Å². The molecule has 0 aromatic rings. The minimum atomic E-state index is -0.667. The van der Waals surface area contributed by atoms with Gasteiger partial charge in [-0.2, -0.15) is 0 Å². The Morgan fingerprint density at radius 2 is 1.89 bits per heavy atom. The predicted octanol–water partition coefficient (Wildman–Crippen LogP) is 3.49. The molecular weight excluding hydrogens is 275 g/mol. The van der Waals surface area contributed by atoms with Crippen LogP contribution in [0.15, 0.2) is 10.6 Å². The maximum Gasteiger partial charge on any atom is 0.303 e. The van der Waals surface area contributed by atoms with E-state index in [0.29, 0.717) is 6.42 Å². The van der Waals surface area contributed by atoms with Crippen LogP contribution in [0.5, 0.6) is 0 Å². The SMILES string of the molecule is CC(=O)O[C@H](C[C@H]1[C@@H](C=C(Cl)Cl)C1(C)C)C(C)=O. The predicted molar refractivity (Wildman–Crippen MR) is 71.4 cm³/mol. The fourth-order valence-corrected chi connectivity index (χ4v) is 2.70. The first-order chi connectivity index (χ1) is 8.16. The summed E-state index contributed by atoms with van der Waals surface area (Å²) in [5.41, 5.74) is 0.0306. The topological polar surface area (TPSA) is 43.4 Å². The zero-order chi connectivity index (χ0) is 14.1. The number of rotatable bonds is 5. The van der Waals surface area contributed by atoms with Gasteiger partial charge in [-0.25, -0.2) is 0 Å². The van der Waals surface area contributed by atoms with Crippen molar-refractivity contribution >= 4 is 35.0 Å². The highest BCUT2D eigenvalue weighted by molar-refractivity contribution is 6.55. The van der Waals surface area contributed by atoms with Crippen LogP contribution in [0.4, 0.5) is 0 Å². The second-order valence-electron chi connectivity index (χ2n) is 5.35. The van der Waals surface area contributed by atoms with Crippen LogP contribution >= 0.6 is 23.2 Å². The molecule has 1 saturated carbocycles. The van der Waals surface area contributed by atoms with Crippen molar-refractivity contribution in [3.8, 4) is 0 Å². The van der Waals surface area contributed by atoms with Crippen LogP contribution in [0.3, 0.4) is 0 Å². The summed E-state index contributed by atoms with van der Waals surface area (Å²) in [6.07, 6.45) is 1.64. The summed E-state index contributed by atoms with van der Waals surface area (Å²) in [5.74, 6) is -0.0955. The molecule has 0 saturated heterocycles. The van der Waals surface area contributed by atoms with Crippen molar-refractivity contribution in [1.29, 1.82) is 0 Å². The second kappa shape index (κ2) is 5.62. The van der Waals surface area contributed by atoms with Crippen LogP contribution in [0, 0.1) is 17.3 Å². The molecule has 0 heterocycles. The summed E-state index contributed by atoms with van der Waals surface area (Å²) in [6.45, 7) is 6.91. The standard InChI is InChI=1S/C13H18Cl2O3/c1-7(16)11(18-8(2)17)5-9-10(6-12(14)15)13(9,3)4/h6,9-11H,5H2,1-4H3/t9-,10+,11+/m0/s1. The van der Waals surface area contributed by atoms with Gasteiger partial charge in [0, 0.05) is 6.92 Å². The van der Waals surface area contributed by atoms with Gasteiger partial charge < -0.3 is 4.74 Å². The van der Waals surface area contributed by atoms with Gasteiger partial charge in [-0.3, -0.25) is 9.59 Å². The Morgan fingerprint density at radius 1 is 1.33 bits per heavy atom. The Labute approximate surface area is 117 Å². The van der Waals surface area contributed by atoms with E-state index >= 15 is 0 Å². The van der Waals surface area contributed by atoms with Crippen LogP contribution in [0.25, 0.3) is 0 Å². The molecular formula is C13H18Cl2O3. The third-order valence-corrected chi connectivity index (χ3v) is 3.93. The Hall–Kier alpha value is -0.540. The molecule has 1 aliphatic carbocycles. The molecule has 0 spiro atoms. The van der Waals surface area contributed by atoms with E-state index in [1.807, 2.05) is 0 Å². The maximum absolute atomic E-state index is 11.4. The quantitative estimate of drug-likeness (QED) is 0.729. The molecule has 0 N–H and O–H groups in total. The van der Waals surface area contributed by atoms with Crippen molar-refractivity contribution in [3.05, 3.63) is 10.6 Å². The first-order valence-corrected chi connectivity index (χ1v) is 6.62. The summed E-state index contributed by atoms with van der Waals surface area (Å²) < 4.78 is 5.27. The molecule has 0 amide bonds. The van der Waals surface area contributed by atoms with E-state index in [2.05, 4.69) is 13.8 Å². The number of esters is 1. The zero-order valence-corrected chi connectivity index (χ0v) is 12.5. The van der Waals surface area contributed by atoms with E-state index in [9.17, 15) is 9.59 Å². The van der Waals surface area contributed by atoms with Gasteiger partial charge in [0.05, 0.1) is 0 Å². The lowest BCUT2D eigenvalue weighted by atomic mass is 10.0. The van der Waals surface area contributed by atoms with Gasteiger partial charge in [0.1, 0.15) is 4.49 Å². The van der Waals surface area contributed by atoms with Crippen LogP contribution in [-0.4, -0.2) is 17.9 Å². The van der Waals surface area contributed by atoms with Crippen molar-refractivity contribution in [2.45, 2.75) is 40.2 Å². The van der Waals surface area contributed by atoms with Crippen LogP contribution < -0.4 is 0 Å². The van der Waals surface area contributed by atoms with Crippen LogP contribution in [-0.2, 0) is 14.3 Å². The Bertz CT molecular complexity index is 384. The molecule has 0 aromatic heterocycles. The van der Waals surface area contributed by atoms with Crippen molar-refractivity contribution < 1.29 is 14.3 Å². The summed E-state index contributed by atoms with van der Waals surface area (Å²) >= 11 is 11.3. The summed E-state index contributed by atoms with van der Waals surface area (Å²) in [7, 11) is 0. The first-order valence-electron chi connectivity index (χ1n) is 5.86. The molecule has 3 atom stereocenters. The Kier molecular flexibility index (Phi) is 4.84. The Morgan fingerprint density at radius 3 is 2.28 bits per heavy atom. The summed E-state index contributed by atoms with van der Waals surface area (Å²) in [4.78, 5) is 22.4. The smallest absolute Gasteiger partial charge is 0.303 e. The van der Waals surface area contributed by atoms with Crippen molar-refractivity contribution in [3.63, 3.8) is 0 Å². The largest absolute Gasteiger partial charge is 0.455 e. The van der Waals surface area contributed by atoms with Crippen molar-refractivity contribution in [1.82, 2.24) is 0 Å². The number of Topliss-reactive ketones (excluding diaryl/α,β-unsaturated/α-hetero) is 1. The number of ketones is 1. The molecule has 0 aliphatic heterocycles. The normalized spacial score (nSPS) is 26.1. The average Bonchev–Trinajstić information content (AvgIpc) is 2.66. The van der Waals surface area contributed by atoms with E-state index in [0.717, 1.165) is 0 Å². The number of carbonyl (C=O) groups is 2. The number of allylic oxidation sites excluding steroid dienone is 1. The third-order valence-electron chi connectivity index (χ3n) is 3.67. The highest BCUT2D eigenvalue weighted by atomic mass is 35.5. The molecule has 3 nitrogen and oxygen atoms in total. The van der Waals surface area contributed by atoms with Gasteiger partial charge in [-0.15, -0.1) is 0 Å². The fourth-order valence-electron chi connectivity index (χ4n) is 2.43. The highest BCUT2D eigenvalue weighted by Crippen LogP contribution is 2.61. The zero-order valence-electron chi connectivity index (χ0n) is 11.0. The third kappa shape index (κ3) is 3.72. The molecule has 5 heteroatoms. The van der Waals surface area contributed by atoms with E-state index < -0.39 is 12.1 Å². The molecule has 1 fully saturated rings. The first kappa shape index (κ1) is 15.5. The van der Waals surface area contributed by atoms with E-state index in [1.54, 1.807) is 6.08 Å². The molecule has 1 aliphatic rings. The van der Waals surface area contributed by atoms with Crippen LogP contribution in [0.2, 0.25) is 0 Å². The van der Waals surface area contributed by atoms with Gasteiger partial charge in [0.25, 0.3) is 0 Å². The summed E-state index contributed by atoms with van der Waals surface area (Å²) in [6, 6.07) is 0. The second-order valence-corrected chi connectivity index (χ2v) is 6.36. The van der Waals surface area contributed by atoms with E-state index in [4.69, 9.17) is 27.9 Å². The van der Waals surface area contributed by atoms with Gasteiger partial charge in [-0.05, 0) is 30.6 Å². The maximum atomic E-state index is 11.4. The molecule has 0 bridgehead atoms. The number of hydrogen-bond donors (Lipinski definition) is 0. The van der Waals surface area contributed by atoms with Gasteiger partial charge in [0.15, 0.2) is 11.9 Å². The van der Waals surface area contributed by atoms with Gasteiger partial charge in [0.2, 0.25) is 0 Å². The molecule has 18 heavy (non-hydrogen) atoms. The molecule has 102 valence electrons. The fraction of sp³-hybridized carbons (Fsp3) is 0.692. The molecule has 0 radical (unpaired) electrons. The number of hydrogen-bond acceptors (Lipinski definition) is 3. The molecule has 0 aromatic carbocycles. The molecule has 0 unspecified atom stereocenters. The van der Waals surface area contributed by atoms with Crippen LogP contribution in [0.1, 0.15) is 34.1 Å². The van der Waals surface area contributed by atoms with Gasteiger partial charge >= 0.3 is 5.97 Å². The van der Waals surface area contributed by atoms with Crippen molar-refractivity contribution in [2.24, 2.45) is 17.3 Å². The average molecular weight is 293 g/mol. The number of halogens is 2. The minimum absolute atomic E-state index is 0.0306. The highest BCUT2D eigenvalue weighted by Gasteiger charge is 2.57. The number of carbonyl (C=O) groups excluding carboxylic acids is 2. The monoisotopic (exact) mass is 292 g/mol. The van der Waals surface area contributed by atoms with E-state index in [-0.39, 0.29) is 27.5 Å². The molecule has 1 rings (SSSR count). The lowest BCUT2D eigenvalue weighted by molar-refractivity contribution is -0.153. The minimum Gasteiger partial charge on any atom is -0.455 e. The van der Waals surface area contributed by atoms with E-state index in [1.165, 1.54) is 13.8 Å². The van der Waals surface area contributed by atoms with Crippen molar-refractivity contribution in [2.75, 3.05) is 0 Å². The lowest BCUT2D eigenvalue weighted by Gasteiger charge is -2.14. The Balaban J connectivity index is 2.69.